The Kier molecular flexibility index (Phi) is 3.30. The summed E-state index contributed by atoms with van der Waals surface area (Å²) < 4.78 is 0. The third-order valence-corrected chi connectivity index (χ3v) is 3.49. The average Bonchev–Trinajstić information content (AvgIpc) is 2.60. The highest BCUT2D eigenvalue weighted by molar-refractivity contribution is 7.11. The molecule has 16 heavy (non-hydrogen) atoms. The zero-order valence-electron chi connectivity index (χ0n) is 10.0. The molecule has 0 aliphatic heterocycles. The summed E-state index contributed by atoms with van der Waals surface area (Å²) in [5.74, 6) is 0. The van der Waals surface area contributed by atoms with Crippen molar-refractivity contribution in [3.63, 3.8) is 0 Å². The van der Waals surface area contributed by atoms with Crippen LogP contribution in [-0.4, -0.2) is 0 Å². The van der Waals surface area contributed by atoms with Gasteiger partial charge in [0, 0.05) is 22.0 Å². The normalized spacial score (nSPS) is 10.4. The summed E-state index contributed by atoms with van der Waals surface area (Å²) >= 11 is 1.85. The van der Waals surface area contributed by atoms with Crippen molar-refractivity contribution in [1.29, 1.82) is 0 Å². The Hall–Kier alpha value is -1.28. The second kappa shape index (κ2) is 4.71. The van der Waals surface area contributed by atoms with Crippen molar-refractivity contribution >= 4 is 17.0 Å². The van der Waals surface area contributed by atoms with Gasteiger partial charge in [0.2, 0.25) is 0 Å². The lowest BCUT2D eigenvalue weighted by Gasteiger charge is -2.07. The first kappa shape index (κ1) is 11.2. The SMILES string of the molecule is Cc1cc(C)cc(NCc2ccc(C)s2)c1. The fourth-order valence-corrected chi connectivity index (χ4v) is 2.68. The standard InChI is InChI=1S/C14H17NS/c1-10-6-11(2)8-13(7-10)15-9-14-5-4-12(3)16-14/h4-8,15H,9H2,1-3H3. The van der Waals surface area contributed by atoms with Crippen LogP contribution >= 0.6 is 11.3 Å². The number of anilines is 1. The van der Waals surface area contributed by atoms with Crippen LogP contribution in [0.4, 0.5) is 5.69 Å². The van der Waals surface area contributed by atoms with Crippen LogP contribution in [0.3, 0.4) is 0 Å². The Morgan fingerprint density at radius 2 is 1.69 bits per heavy atom. The first-order chi connectivity index (χ1) is 7.63. The third kappa shape index (κ3) is 2.86. The van der Waals surface area contributed by atoms with Gasteiger partial charge in [-0.15, -0.1) is 11.3 Å². The van der Waals surface area contributed by atoms with E-state index < -0.39 is 0 Å². The van der Waals surface area contributed by atoms with Crippen LogP contribution in [0.15, 0.2) is 30.3 Å². The van der Waals surface area contributed by atoms with Crippen molar-refractivity contribution < 1.29 is 0 Å². The molecule has 0 saturated heterocycles. The van der Waals surface area contributed by atoms with Gasteiger partial charge in [0.1, 0.15) is 0 Å². The fraction of sp³-hybridized carbons (Fsp3) is 0.286. The second-order valence-electron chi connectivity index (χ2n) is 4.24. The molecule has 1 N–H and O–H groups in total. The Labute approximate surface area is 101 Å². The van der Waals surface area contributed by atoms with Gasteiger partial charge in [-0.1, -0.05) is 6.07 Å². The molecule has 2 rings (SSSR count). The van der Waals surface area contributed by atoms with Crippen molar-refractivity contribution in [2.45, 2.75) is 27.3 Å². The summed E-state index contributed by atoms with van der Waals surface area (Å²) in [6.45, 7) is 7.33. The first-order valence-electron chi connectivity index (χ1n) is 5.51. The van der Waals surface area contributed by atoms with Crippen molar-refractivity contribution in [3.8, 4) is 0 Å². The van der Waals surface area contributed by atoms with E-state index in [4.69, 9.17) is 0 Å². The zero-order chi connectivity index (χ0) is 11.5. The minimum absolute atomic E-state index is 0.918. The number of aryl methyl sites for hydroxylation is 3. The van der Waals surface area contributed by atoms with Gasteiger partial charge in [-0.05, 0) is 56.2 Å². The highest BCUT2D eigenvalue weighted by Crippen LogP contribution is 2.18. The Bertz CT molecular complexity index is 465. The summed E-state index contributed by atoms with van der Waals surface area (Å²) in [5.41, 5.74) is 3.83. The van der Waals surface area contributed by atoms with Crippen LogP contribution in [0.2, 0.25) is 0 Å². The largest absolute Gasteiger partial charge is 0.380 e. The van der Waals surface area contributed by atoms with E-state index in [0.29, 0.717) is 0 Å². The molecular formula is C14H17NS. The van der Waals surface area contributed by atoms with Crippen LogP contribution in [0.5, 0.6) is 0 Å². The van der Waals surface area contributed by atoms with E-state index in [9.17, 15) is 0 Å². The number of rotatable bonds is 3. The minimum atomic E-state index is 0.918. The topological polar surface area (TPSA) is 12.0 Å². The summed E-state index contributed by atoms with van der Waals surface area (Å²) in [4.78, 5) is 2.76. The van der Waals surface area contributed by atoms with E-state index in [2.05, 4.69) is 56.4 Å². The molecule has 1 heterocycles. The molecule has 84 valence electrons. The fourth-order valence-electron chi connectivity index (χ4n) is 1.85. The van der Waals surface area contributed by atoms with Crippen molar-refractivity contribution in [1.82, 2.24) is 0 Å². The maximum Gasteiger partial charge on any atom is 0.0494 e. The van der Waals surface area contributed by atoms with Gasteiger partial charge in [-0.2, -0.15) is 0 Å². The third-order valence-electron chi connectivity index (χ3n) is 2.48. The number of benzene rings is 1. The molecule has 0 saturated carbocycles. The van der Waals surface area contributed by atoms with Gasteiger partial charge < -0.3 is 5.32 Å². The first-order valence-corrected chi connectivity index (χ1v) is 6.32. The number of thiophene rings is 1. The zero-order valence-corrected chi connectivity index (χ0v) is 10.8. The molecule has 2 aromatic rings. The maximum absolute atomic E-state index is 3.47. The quantitative estimate of drug-likeness (QED) is 0.831. The summed E-state index contributed by atoms with van der Waals surface area (Å²) in [5, 5.41) is 3.47. The minimum Gasteiger partial charge on any atom is -0.380 e. The predicted octanol–water partition coefficient (Wildman–Crippen LogP) is 4.29. The van der Waals surface area contributed by atoms with Crippen LogP contribution < -0.4 is 5.32 Å². The summed E-state index contributed by atoms with van der Waals surface area (Å²) in [6.07, 6.45) is 0. The molecule has 1 aromatic heterocycles. The average molecular weight is 231 g/mol. The van der Waals surface area contributed by atoms with E-state index >= 15 is 0 Å². The number of hydrogen-bond donors (Lipinski definition) is 1. The molecule has 0 aliphatic carbocycles. The molecule has 0 amide bonds. The Balaban J connectivity index is 2.04. The molecule has 2 heteroatoms. The van der Waals surface area contributed by atoms with Crippen molar-refractivity contribution in [2.24, 2.45) is 0 Å². The molecule has 0 aliphatic rings. The Morgan fingerprint density at radius 3 is 2.25 bits per heavy atom. The highest BCUT2D eigenvalue weighted by Gasteiger charge is 1.98. The highest BCUT2D eigenvalue weighted by atomic mass is 32.1. The number of nitrogens with one attached hydrogen (secondary N) is 1. The van der Waals surface area contributed by atoms with Crippen LogP contribution in [0, 0.1) is 20.8 Å². The van der Waals surface area contributed by atoms with Crippen molar-refractivity contribution in [2.75, 3.05) is 5.32 Å². The van der Waals surface area contributed by atoms with E-state index in [1.807, 2.05) is 11.3 Å². The van der Waals surface area contributed by atoms with E-state index in [1.54, 1.807) is 0 Å². The molecule has 0 radical (unpaired) electrons. The maximum atomic E-state index is 3.47. The van der Waals surface area contributed by atoms with Crippen molar-refractivity contribution in [3.05, 3.63) is 51.2 Å². The lowest BCUT2D eigenvalue weighted by atomic mass is 10.1. The molecule has 0 atom stereocenters. The predicted molar refractivity (Wildman–Crippen MR) is 72.3 cm³/mol. The Morgan fingerprint density at radius 1 is 1.00 bits per heavy atom. The van der Waals surface area contributed by atoms with Crippen LogP contribution in [0.1, 0.15) is 20.9 Å². The summed E-state index contributed by atoms with van der Waals surface area (Å²) in [7, 11) is 0. The molecule has 0 fully saturated rings. The lowest BCUT2D eigenvalue weighted by Crippen LogP contribution is -1.97. The molecular weight excluding hydrogens is 214 g/mol. The van der Waals surface area contributed by atoms with Gasteiger partial charge in [0.25, 0.3) is 0 Å². The molecule has 0 spiro atoms. The smallest absolute Gasteiger partial charge is 0.0494 e. The van der Waals surface area contributed by atoms with E-state index in [1.165, 1.54) is 26.6 Å². The van der Waals surface area contributed by atoms with Gasteiger partial charge in [0.05, 0.1) is 0 Å². The van der Waals surface area contributed by atoms with Gasteiger partial charge >= 0.3 is 0 Å². The van der Waals surface area contributed by atoms with Crippen LogP contribution in [-0.2, 0) is 6.54 Å². The molecule has 0 unspecified atom stereocenters. The van der Waals surface area contributed by atoms with E-state index in [0.717, 1.165) is 6.54 Å². The molecule has 0 bridgehead atoms. The summed E-state index contributed by atoms with van der Waals surface area (Å²) in [6, 6.07) is 10.9. The number of hydrogen-bond acceptors (Lipinski definition) is 2. The molecule has 1 nitrogen and oxygen atoms in total. The second-order valence-corrected chi connectivity index (χ2v) is 5.61. The van der Waals surface area contributed by atoms with E-state index in [-0.39, 0.29) is 0 Å². The lowest BCUT2D eigenvalue weighted by molar-refractivity contribution is 1.18. The molecule has 1 aromatic carbocycles. The van der Waals surface area contributed by atoms with Gasteiger partial charge in [-0.25, -0.2) is 0 Å². The van der Waals surface area contributed by atoms with Gasteiger partial charge in [0.15, 0.2) is 0 Å². The monoisotopic (exact) mass is 231 g/mol. The van der Waals surface area contributed by atoms with Gasteiger partial charge in [-0.3, -0.25) is 0 Å². The van der Waals surface area contributed by atoms with Crippen LogP contribution in [0.25, 0.3) is 0 Å².